The Labute approximate surface area is 165 Å². The summed E-state index contributed by atoms with van der Waals surface area (Å²) in [7, 11) is 0. The first-order chi connectivity index (χ1) is 13.1. The van der Waals surface area contributed by atoms with Crippen LogP contribution >= 0.6 is 11.6 Å². The molecule has 0 aliphatic heterocycles. The van der Waals surface area contributed by atoms with E-state index in [1.165, 1.54) is 0 Å². The molecule has 0 spiro atoms. The van der Waals surface area contributed by atoms with E-state index < -0.39 is 0 Å². The van der Waals surface area contributed by atoms with Crippen LogP contribution in [0.15, 0.2) is 72.8 Å². The highest BCUT2D eigenvalue weighted by atomic mass is 35.5. The molecule has 0 aromatic heterocycles. The number of benzene rings is 3. The molecule has 3 heteroatoms. The largest absolute Gasteiger partial charge is 0.321 e. The minimum Gasteiger partial charge on any atom is -0.321 e. The Kier molecular flexibility index (Phi) is 6.10. The van der Waals surface area contributed by atoms with E-state index in [2.05, 4.69) is 12.2 Å². The lowest BCUT2D eigenvalue weighted by Gasteiger charge is -2.15. The topological polar surface area (TPSA) is 29.1 Å². The molecular formula is C24H22ClNO. The Bertz CT molecular complexity index is 977. The van der Waals surface area contributed by atoms with Gasteiger partial charge in [0.15, 0.2) is 0 Å². The van der Waals surface area contributed by atoms with E-state index in [0.717, 1.165) is 34.4 Å². The number of aryl methyl sites for hydroxylation is 2. The second kappa shape index (κ2) is 8.70. The monoisotopic (exact) mass is 375 g/mol. The number of rotatable bonds is 5. The van der Waals surface area contributed by atoms with Gasteiger partial charge in [0.25, 0.3) is 5.91 Å². The van der Waals surface area contributed by atoms with Crippen LogP contribution in [-0.2, 0) is 11.2 Å². The smallest absolute Gasteiger partial charge is 0.256 e. The molecule has 3 rings (SSSR count). The van der Waals surface area contributed by atoms with Gasteiger partial charge in [0, 0.05) is 16.3 Å². The van der Waals surface area contributed by atoms with Gasteiger partial charge in [-0.1, -0.05) is 85.3 Å². The molecule has 1 amide bonds. The van der Waals surface area contributed by atoms with E-state index in [0.29, 0.717) is 10.6 Å². The van der Waals surface area contributed by atoms with E-state index in [9.17, 15) is 4.79 Å². The first-order valence-electron chi connectivity index (χ1n) is 9.01. The Morgan fingerprint density at radius 2 is 1.67 bits per heavy atom. The summed E-state index contributed by atoms with van der Waals surface area (Å²) in [5.41, 5.74) is 5.29. The van der Waals surface area contributed by atoms with Crippen LogP contribution in [0.2, 0.25) is 5.02 Å². The summed E-state index contributed by atoms with van der Waals surface area (Å²) in [5, 5.41) is 3.73. The van der Waals surface area contributed by atoms with Crippen LogP contribution in [0.3, 0.4) is 0 Å². The van der Waals surface area contributed by atoms with Crippen LogP contribution in [0.1, 0.15) is 29.2 Å². The van der Waals surface area contributed by atoms with Crippen molar-refractivity contribution in [3.05, 3.63) is 100 Å². The third-order valence-corrected chi connectivity index (χ3v) is 4.86. The predicted molar refractivity (Wildman–Crippen MR) is 115 cm³/mol. The first-order valence-corrected chi connectivity index (χ1v) is 9.39. The second-order valence-electron chi connectivity index (χ2n) is 6.36. The Morgan fingerprint density at radius 1 is 0.963 bits per heavy atom. The Morgan fingerprint density at radius 3 is 2.37 bits per heavy atom. The number of nitrogens with one attached hydrogen (secondary N) is 1. The molecule has 0 saturated carbocycles. The molecule has 2 nitrogen and oxygen atoms in total. The summed E-state index contributed by atoms with van der Waals surface area (Å²) >= 11 is 6.32. The van der Waals surface area contributed by atoms with Crippen LogP contribution in [0.5, 0.6) is 0 Å². The minimum atomic E-state index is -0.148. The Balaban J connectivity index is 2.04. The van der Waals surface area contributed by atoms with E-state index >= 15 is 0 Å². The summed E-state index contributed by atoms with van der Waals surface area (Å²) in [4.78, 5) is 13.2. The number of carbonyl (C=O) groups excluding carboxylic acids is 1. The minimum absolute atomic E-state index is 0.148. The van der Waals surface area contributed by atoms with Gasteiger partial charge in [-0.15, -0.1) is 0 Å². The molecule has 0 aliphatic carbocycles. The number of anilines is 1. The van der Waals surface area contributed by atoms with Crippen molar-refractivity contribution in [2.24, 2.45) is 0 Å². The van der Waals surface area contributed by atoms with E-state index in [-0.39, 0.29) is 5.91 Å². The summed E-state index contributed by atoms with van der Waals surface area (Å²) in [6.07, 6.45) is 2.70. The lowest BCUT2D eigenvalue weighted by molar-refractivity contribution is -0.111. The van der Waals surface area contributed by atoms with Gasteiger partial charge in [-0.05, 0) is 47.7 Å². The van der Waals surface area contributed by atoms with Crippen LogP contribution in [0, 0.1) is 6.92 Å². The van der Waals surface area contributed by atoms with Crippen LogP contribution in [0.4, 0.5) is 5.69 Å². The molecule has 1 N–H and O–H groups in total. The lowest BCUT2D eigenvalue weighted by Crippen LogP contribution is -2.16. The van der Waals surface area contributed by atoms with Crippen LogP contribution in [-0.4, -0.2) is 5.91 Å². The van der Waals surface area contributed by atoms with Crippen molar-refractivity contribution in [3.63, 3.8) is 0 Å². The van der Waals surface area contributed by atoms with Gasteiger partial charge in [-0.25, -0.2) is 0 Å². The molecule has 0 atom stereocenters. The van der Waals surface area contributed by atoms with Gasteiger partial charge in [-0.3, -0.25) is 4.79 Å². The number of hydrogen-bond donors (Lipinski definition) is 1. The molecule has 3 aromatic carbocycles. The SMILES string of the molecule is CCc1cccc(C)c1NC(=O)/C(=C/c1ccccc1Cl)c1ccccc1. The first kappa shape index (κ1) is 18.9. The van der Waals surface area contributed by atoms with Gasteiger partial charge in [0.2, 0.25) is 0 Å². The molecule has 0 heterocycles. The van der Waals surface area contributed by atoms with Crippen molar-refractivity contribution < 1.29 is 4.79 Å². The van der Waals surface area contributed by atoms with Crippen molar-refractivity contribution in [2.75, 3.05) is 5.32 Å². The predicted octanol–water partition coefficient (Wildman–Crippen LogP) is 6.39. The van der Waals surface area contributed by atoms with Gasteiger partial charge >= 0.3 is 0 Å². The zero-order valence-electron chi connectivity index (χ0n) is 15.5. The number of carbonyl (C=O) groups is 1. The highest BCUT2D eigenvalue weighted by Gasteiger charge is 2.15. The van der Waals surface area contributed by atoms with E-state index in [1.807, 2.05) is 85.8 Å². The highest BCUT2D eigenvalue weighted by molar-refractivity contribution is 6.34. The highest BCUT2D eigenvalue weighted by Crippen LogP contribution is 2.27. The second-order valence-corrected chi connectivity index (χ2v) is 6.77. The summed E-state index contributed by atoms with van der Waals surface area (Å²) in [6.45, 7) is 4.09. The normalized spacial score (nSPS) is 11.3. The average Bonchev–Trinajstić information content (AvgIpc) is 2.69. The van der Waals surface area contributed by atoms with Crippen LogP contribution < -0.4 is 5.32 Å². The lowest BCUT2D eigenvalue weighted by atomic mass is 10.0. The molecule has 0 radical (unpaired) electrons. The number of halogens is 1. The molecule has 0 aliphatic rings. The van der Waals surface area contributed by atoms with Gasteiger partial charge in [-0.2, -0.15) is 0 Å². The maximum atomic E-state index is 13.2. The van der Waals surface area contributed by atoms with Crippen molar-refractivity contribution >= 4 is 34.8 Å². The van der Waals surface area contributed by atoms with Crippen molar-refractivity contribution in [3.8, 4) is 0 Å². The van der Waals surface area contributed by atoms with Crippen molar-refractivity contribution in [2.45, 2.75) is 20.3 Å². The summed E-state index contributed by atoms with van der Waals surface area (Å²) in [6, 6.07) is 23.2. The fourth-order valence-electron chi connectivity index (χ4n) is 3.03. The van der Waals surface area contributed by atoms with Crippen LogP contribution in [0.25, 0.3) is 11.6 Å². The van der Waals surface area contributed by atoms with Gasteiger partial charge in [0.05, 0.1) is 0 Å². The standard InChI is InChI=1S/C24H22ClNO/c1-3-18-14-9-10-17(2)23(18)26-24(27)21(19-11-5-4-6-12-19)16-20-13-7-8-15-22(20)25/h4-16H,3H2,1-2H3,(H,26,27)/b21-16+. The maximum Gasteiger partial charge on any atom is 0.256 e. The van der Waals surface area contributed by atoms with E-state index in [1.54, 1.807) is 0 Å². The summed E-state index contributed by atoms with van der Waals surface area (Å²) in [5.74, 6) is -0.148. The number of para-hydroxylation sites is 1. The summed E-state index contributed by atoms with van der Waals surface area (Å²) < 4.78 is 0. The van der Waals surface area contributed by atoms with E-state index in [4.69, 9.17) is 11.6 Å². The third-order valence-electron chi connectivity index (χ3n) is 4.51. The zero-order chi connectivity index (χ0) is 19.2. The quantitative estimate of drug-likeness (QED) is 0.406. The maximum absolute atomic E-state index is 13.2. The molecule has 27 heavy (non-hydrogen) atoms. The van der Waals surface area contributed by atoms with Gasteiger partial charge < -0.3 is 5.32 Å². The molecule has 0 bridgehead atoms. The molecule has 3 aromatic rings. The zero-order valence-corrected chi connectivity index (χ0v) is 16.3. The van der Waals surface area contributed by atoms with Crippen molar-refractivity contribution in [1.29, 1.82) is 0 Å². The molecule has 136 valence electrons. The molecule has 0 fully saturated rings. The average molecular weight is 376 g/mol. The third kappa shape index (κ3) is 4.47. The Hall–Kier alpha value is -2.84. The fraction of sp³-hybridized carbons (Fsp3) is 0.125. The van der Waals surface area contributed by atoms with Crippen molar-refractivity contribution in [1.82, 2.24) is 0 Å². The molecule has 0 saturated heterocycles. The van der Waals surface area contributed by atoms with Gasteiger partial charge in [0.1, 0.15) is 0 Å². The fourth-order valence-corrected chi connectivity index (χ4v) is 3.22. The molecule has 0 unspecified atom stereocenters. The molecular weight excluding hydrogens is 354 g/mol. The number of hydrogen-bond acceptors (Lipinski definition) is 1. The number of amides is 1.